The lowest BCUT2D eigenvalue weighted by atomic mass is 10.1. The first-order valence-corrected chi connectivity index (χ1v) is 12.9. The monoisotopic (exact) mass is 568 g/mol. The molecule has 0 unspecified atom stereocenters. The van der Waals surface area contributed by atoms with Gasteiger partial charge >= 0.3 is 0 Å². The van der Waals surface area contributed by atoms with Crippen LogP contribution in [0, 0.1) is 0 Å². The fraction of sp³-hybridized carbons (Fsp3) is 0.125. The number of hydrogen-bond donors (Lipinski definition) is 6. The minimum atomic E-state index is -0.456. The second-order valence-corrected chi connectivity index (χ2v) is 9.14. The average molecular weight is 569 g/mol. The van der Waals surface area contributed by atoms with Crippen LogP contribution in [0.1, 0.15) is 55.3 Å². The molecular formula is C32H32N4O6. The lowest BCUT2D eigenvalue weighted by Gasteiger charge is -2.11. The van der Waals surface area contributed by atoms with Gasteiger partial charge in [-0.1, -0.05) is 24.3 Å². The van der Waals surface area contributed by atoms with Gasteiger partial charge in [0.2, 0.25) is 0 Å². The molecule has 4 aromatic rings. The predicted octanol–water partition coefficient (Wildman–Crippen LogP) is 5.78. The first-order chi connectivity index (χ1) is 20.0. The topological polar surface area (TPSA) is 157 Å². The molecule has 0 aliphatic carbocycles. The summed E-state index contributed by atoms with van der Waals surface area (Å²) in [4.78, 5) is 46.5. The zero-order valence-corrected chi connectivity index (χ0v) is 23.6. The highest BCUT2D eigenvalue weighted by molar-refractivity contribution is 6.06. The Morgan fingerprint density at radius 1 is 0.500 bits per heavy atom. The van der Waals surface area contributed by atoms with E-state index in [1.807, 2.05) is 31.3 Å². The van der Waals surface area contributed by atoms with E-state index in [1.54, 1.807) is 43.4 Å². The molecule has 0 heterocycles. The quantitative estimate of drug-likeness (QED) is 0.0887. The van der Waals surface area contributed by atoms with Crippen LogP contribution in [-0.4, -0.2) is 47.7 Å². The Kier molecular flexibility index (Phi) is 10.4. The highest BCUT2D eigenvalue weighted by Crippen LogP contribution is 2.34. The van der Waals surface area contributed by atoms with Crippen molar-refractivity contribution in [1.29, 1.82) is 0 Å². The predicted molar refractivity (Wildman–Crippen MR) is 164 cm³/mol. The first-order valence-electron chi connectivity index (χ1n) is 12.9. The molecule has 42 heavy (non-hydrogen) atoms. The number of carbonyl (C=O) groups is 4. The van der Waals surface area contributed by atoms with Crippen LogP contribution in [0.5, 0.6) is 11.5 Å². The molecule has 0 aliphatic heterocycles. The van der Waals surface area contributed by atoms with Crippen molar-refractivity contribution >= 4 is 46.1 Å². The Morgan fingerprint density at radius 2 is 0.881 bits per heavy atom. The van der Waals surface area contributed by atoms with E-state index in [0.717, 1.165) is 11.4 Å². The number of benzene rings is 4. The number of amides is 2. The fourth-order valence-electron chi connectivity index (χ4n) is 3.71. The van der Waals surface area contributed by atoms with E-state index in [4.69, 9.17) is 0 Å². The smallest absolute Gasteiger partial charge is 0.255 e. The van der Waals surface area contributed by atoms with Gasteiger partial charge in [0.05, 0.1) is 11.4 Å². The van der Waals surface area contributed by atoms with Crippen LogP contribution < -0.4 is 21.3 Å². The summed E-state index contributed by atoms with van der Waals surface area (Å²) in [6.45, 7) is 2.94. The maximum Gasteiger partial charge on any atom is 0.255 e. The van der Waals surface area contributed by atoms with Crippen molar-refractivity contribution in [2.24, 2.45) is 0 Å². The van der Waals surface area contributed by atoms with E-state index in [0.29, 0.717) is 27.9 Å². The van der Waals surface area contributed by atoms with Crippen molar-refractivity contribution in [3.05, 3.63) is 107 Å². The van der Waals surface area contributed by atoms with Crippen molar-refractivity contribution in [1.82, 2.24) is 0 Å². The summed E-state index contributed by atoms with van der Waals surface area (Å²) in [5, 5.41) is 30.6. The van der Waals surface area contributed by atoms with Gasteiger partial charge in [0.15, 0.2) is 11.6 Å². The molecule has 10 nitrogen and oxygen atoms in total. The van der Waals surface area contributed by atoms with Gasteiger partial charge in [0.1, 0.15) is 11.5 Å². The van der Waals surface area contributed by atoms with E-state index >= 15 is 0 Å². The summed E-state index contributed by atoms with van der Waals surface area (Å²) >= 11 is 0. The SMILES string of the molecule is CNc1cc(O)c(NC(=O)c2ccc(C(C)=O)cc2)cc1O.CNc1ccc(NC(=O)c2ccc(C(C)=O)cc2)cc1. The maximum atomic E-state index is 12.1. The highest BCUT2D eigenvalue weighted by Gasteiger charge is 2.13. The van der Waals surface area contributed by atoms with E-state index in [-0.39, 0.29) is 34.7 Å². The summed E-state index contributed by atoms with van der Waals surface area (Å²) < 4.78 is 0. The van der Waals surface area contributed by atoms with Crippen LogP contribution in [0.2, 0.25) is 0 Å². The molecule has 216 valence electrons. The normalized spacial score (nSPS) is 10.0. The lowest BCUT2D eigenvalue weighted by Crippen LogP contribution is -2.12. The van der Waals surface area contributed by atoms with Gasteiger partial charge in [-0.05, 0) is 62.4 Å². The molecule has 0 aromatic heterocycles. The van der Waals surface area contributed by atoms with Crippen molar-refractivity contribution in [3.63, 3.8) is 0 Å². The third-order valence-corrected chi connectivity index (χ3v) is 6.17. The number of Topliss-reactive ketones (excluding diaryl/α,β-unsaturated/α-hetero) is 2. The fourth-order valence-corrected chi connectivity index (χ4v) is 3.71. The van der Waals surface area contributed by atoms with Gasteiger partial charge < -0.3 is 31.5 Å². The number of phenols is 2. The van der Waals surface area contributed by atoms with Crippen molar-refractivity contribution < 1.29 is 29.4 Å². The maximum absolute atomic E-state index is 12.1. The number of ketones is 2. The summed E-state index contributed by atoms with van der Waals surface area (Å²) in [6, 6.07) is 22.7. The molecule has 0 fully saturated rings. The average Bonchev–Trinajstić information content (AvgIpc) is 2.99. The van der Waals surface area contributed by atoms with Crippen LogP contribution in [0.25, 0.3) is 0 Å². The minimum absolute atomic E-state index is 0.0142. The first kappa shape index (κ1) is 30.9. The summed E-state index contributed by atoms with van der Waals surface area (Å²) in [6.07, 6.45) is 0. The molecule has 4 rings (SSSR count). The van der Waals surface area contributed by atoms with Gasteiger partial charge in [0, 0.05) is 59.9 Å². The van der Waals surface area contributed by atoms with Crippen LogP contribution >= 0.6 is 0 Å². The number of phenolic OH excluding ortho intramolecular Hbond substituents is 2. The molecule has 0 bridgehead atoms. The Labute approximate surface area is 243 Å². The van der Waals surface area contributed by atoms with Gasteiger partial charge in [0.25, 0.3) is 11.8 Å². The summed E-state index contributed by atoms with van der Waals surface area (Å²) in [5.74, 6) is -1.02. The standard InChI is InChI=1S/C16H16N2O4.C16H16N2O2/c1-9(19)10-3-5-11(6-4-10)16(22)18-13-8-14(20)12(17-2)7-15(13)21;1-11(19)12-3-5-13(6-4-12)16(20)18-15-9-7-14(17-2)8-10-15/h3-8,17,20-21H,1-2H3,(H,18,22);3-10,17H,1-2H3,(H,18,20). The van der Waals surface area contributed by atoms with Crippen LogP contribution in [-0.2, 0) is 0 Å². The molecule has 6 N–H and O–H groups in total. The van der Waals surface area contributed by atoms with Crippen LogP contribution in [0.15, 0.2) is 84.9 Å². The largest absolute Gasteiger partial charge is 0.506 e. The summed E-state index contributed by atoms with van der Waals surface area (Å²) in [5.41, 5.74) is 4.11. The van der Waals surface area contributed by atoms with Crippen LogP contribution in [0.4, 0.5) is 22.7 Å². The van der Waals surface area contributed by atoms with Gasteiger partial charge in [-0.15, -0.1) is 0 Å². The number of hydrogen-bond acceptors (Lipinski definition) is 8. The van der Waals surface area contributed by atoms with Crippen LogP contribution in [0.3, 0.4) is 0 Å². The molecule has 0 radical (unpaired) electrons. The minimum Gasteiger partial charge on any atom is -0.506 e. The molecule has 10 heteroatoms. The molecule has 2 amide bonds. The second-order valence-electron chi connectivity index (χ2n) is 9.14. The number of nitrogens with one attached hydrogen (secondary N) is 4. The highest BCUT2D eigenvalue weighted by atomic mass is 16.3. The Balaban J connectivity index is 0.000000231. The Morgan fingerprint density at radius 3 is 1.31 bits per heavy atom. The molecule has 4 aromatic carbocycles. The molecule has 0 saturated heterocycles. The Hall–Kier alpha value is -5.64. The van der Waals surface area contributed by atoms with E-state index in [2.05, 4.69) is 21.3 Å². The van der Waals surface area contributed by atoms with Crippen molar-refractivity contribution in [2.45, 2.75) is 13.8 Å². The van der Waals surface area contributed by atoms with E-state index in [1.165, 1.54) is 38.1 Å². The zero-order valence-electron chi connectivity index (χ0n) is 23.6. The van der Waals surface area contributed by atoms with E-state index in [9.17, 15) is 29.4 Å². The number of rotatable bonds is 8. The molecule has 0 aliphatic rings. The third kappa shape index (κ3) is 8.18. The second kappa shape index (κ2) is 14.1. The zero-order chi connectivity index (χ0) is 30.8. The number of anilines is 4. The van der Waals surface area contributed by atoms with Gasteiger partial charge in [-0.3, -0.25) is 19.2 Å². The number of aromatic hydroxyl groups is 2. The van der Waals surface area contributed by atoms with Gasteiger partial charge in [-0.2, -0.15) is 0 Å². The van der Waals surface area contributed by atoms with Crippen molar-refractivity contribution in [2.75, 3.05) is 35.4 Å². The summed E-state index contributed by atoms with van der Waals surface area (Å²) in [7, 11) is 3.44. The molecule has 0 saturated carbocycles. The third-order valence-electron chi connectivity index (χ3n) is 6.17. The molecule has 0 spiro atoms. The van der Waals surface area contributed by atoms with Gasteiger partial charge in [-0.25, -0.2) is 0 Å². The number of carbonyl (C=O) groups excluding carboxylic acids is 4. The molecule has 0 atom stereocenters. The Bertz CT molecular complexity index is 1580. The van der Waals surface area contributed by atoms with Crippen molar-refractivity contribution in [3.8, 4) is 11.5 Å². The lowest BCUT2D eigenvalue weighted by molar-refractivity contribution is 0.100. The van der Waals surface area contributed by atoms with E-state index < -0.39 is 5.91 Å². The molecular weight excluding hydrogens is 536 g/mol.